The molecule has 0 bridgehead atoms. The highest BCUT2D eigenvalue weighted by atomic mass is 79.9. The Kier molecular flexibility index (Phi) is 3.92. The molecule has 0 aliphatic rings. The molecule has 7 heteroatoms. The number of benzene rings is 1. The number of nitrogens with one attached hydrogen (secondary N) is 1. The van der Waals surface area contributed by atoms with Gasteiger partial charge in [0.05, 0.1) is 10.7 Å². The maximum Gasteiger partial charge on any atom is 0.339 e. The number of hydrogen-bond donors (Lipinski definition) is 2. The molecule has 5 nitrogen and oxygen atoms in total. The van der Waals surface area contributed by atoms with Gasteiger partial charge in [-0.05, 0) is 40.2 Å². The number of aromatic carboxylic acids is 1. The lowest BCUT2D eigenvalue weighted by atomic mass is 10.1. The fourth-order valence-electron chi connectivity index (χ4n) is 1.47. The Morgan fingerprint density at radius 3 is 2.58 bits per heavy atom. The van der Waals surface area contributed by atoms with E-state index in [0.717, 1.165) is 0 Å². The second kappa shape index (κ2) is 5.46. The Hall–Kier alpha value is -1.79. The molecule has 1 heterocycles. The number of halogens is 2. The molecule has 2 N–H and O–H groups in total. The van der Waals surface area contributed by atoms with Crippen molar-refractivity contribution in [2.75, 3.05) is 5.32 Å². The van der Waals surface area contributed by atoms with Crippen LogP contribution >= 0.6 is 27.5 Å². The summed E-state index contributed by atoms with van der Waals surface area (Å²) in [7, 11) is 0. The van der Waals surface area contributed by atoms with Gasteiger partial charge in [-0.1, -0.05) is 17.7 Å². The van der Waals surface area contributed by atoms with Crippen LogP contribution in [0.15, 0.2) is 39.4 Å². The normalized spacial score (nSPS) is 10.2. The maximum absolute atomic E-state index is 11.9. The highest BCUT2D eigenvalue weighted by Gasteiger charge is 2.18. The largest absolute Gasteiger partial charge is 0.478 e. The van der Waals surface area contributed by atoms with E-state index in [4.69, 9.17) is 21.1 Å². The SMILES string of the molecule is O=C(Nc1cccc(Cl)c1C(=O)O)c1ccc(Br)o1. The zero-order chi connectivity index (χ0) is 14.0. The van der Waals surface area contributed by atoms with Crippen molar-refractivity contribution in [1.82, 2.24) is 0 Å². The van der Waals surface area contributed by atoms with Crippen LogP contribution in [-0.4, -0.2) is 17.0 Å². The molecule has 0 radical (unpaired) electrons. The van der Waals surface area contributed by atoms with Gasteiger partial charge in [0, 0.05) is 0 Å². The van der Waals surface area contributed by atoms with Gasteiger partial charge in [-0.2, -0.15) is 0 Å². The lowest BCUT2D eigenvalue weighted by Crippen LogP contribution is -2.14. The van der Waals surface area contributed by atoms with E-state index < -0.39 is 11.9 Å². The first-order valence-corrected chi connectivity index (χ1v) is 6.24. The van der Waals surface area contributed by atoms with E-state index in [-0.39, 0.29) is 22.0 Å². The number of furan rings is 1. The van der Waals surface area contributed by atoms with Gasteiger partial charge < -0.3 is 14.8 Å². The van der Waals surface area contributed by atoms with E-state index >= 15 is 0 Å². The van der Waals surface area contributed by atoms with Crippen molar-refractivity contribution in [1.29, 1.82) is 0 Å². The third-order valence-corrected chi connectivity index (χ3v) is 3.01. The average molecular weight is 345 g/mol. The molecule has 19 heavy (non-hydrogen) atoms. The minimum Gasteiger partial charge on any atom is -0.478 e. The van der Waals surface area contributed by atoms with Crippen LogP contribution in [0.5, 0.6) is 0 Å². The second-order valence-electron chi connectivity index (χ2n) is 3.53. The van der Waals surface area contributed by atoms with Gasteiger partial charge in [-0.25, -0.2) is 4.79 Å². The number of carboxylic acid groups (broad SMARTS) is 1. The van der Waals surface area contributed by atoms with Crippen LogP contribution in [0, 0.1) is 0 Å². The first-order valence-electron chi connectivity index (χ1n) is 5.07. The molecule has 0 saturated heterocycles. The summed E-state index contributed by atoms with van der Waals surface area (Å²) in [6.07, 6.45) is 0. The van der Waals surface area contributed by atoms with Gasteiger partial charge >= 0.3 is 5.97 Å². The topological polar surface area (TPSA) is 79.5 Å². The van der Waals surface area contributed by atoms with Crippen molar-refractivity contribution in [2.24, 2.45) is 0 Å². The molecule has 1 aromatic heterocycles. The monoisotopic (exact) mass is 343 g/mol. The summed E-state index contributed by atoms with van der Waals surface area (Å²) in [4.78, 5) is 22.9. The summed E-state index contributed by atoms with van der Waals surface area (Å²) >= 11 is 8.87. The first-order chi connectivity index (χ1) is 8.99. The van der Waals surface area contributed by atoms with E-state index in [9.17, 15) is 9.59 Å². The fourth-order valence-corrected chi connectivity index (χ4v) is 2.03. The number of carboxylic acids is 1. The van der Waals surface area contributed by atoms with Crippen molar-refractivity contribution in [3.8, 4) is 0 Å². The molecule has 0 atom stereocenters. The number of anilines is 1. The molecule has 0 saturated carbocycles. The number of rotatable bonds is 3. The van der Waals surface area contributed by atoms with Crippen LogP contribution in [0.3, 0.4) is 0 Å². The molecule has 0 unspecified atom stereocenters. The minimum absolute atomic E-state index is 0.0472. The fraction of sp³-hybridized carbons (Fsp3) is 0. The zero-order valence-corrected chi connectivity index (χ0v) is 11.7. The van der Waals surface area contributed by atoms with Crippen molar-refractivity contribution in [2.45, 2.75) is 0 Å². The van der Waals surface area contributed by atoms with Gasteiger partial charge in [-0.15, -0.1) is 0 Å². The molecule has 2 aromatic rings. The van der Waals surface area contributed by atoms with Crippen molar-refractivity contribution < 1.29 is 19.1 Å². The standard InChI is InChI=1S/C12H7BrClNO4/c13-9-5-4-8(19-9)11(16)15-7-3-1-2-6(14)10(7)12(17)18/h1-5H,(H,15,16)(H,17,18). The summed E-state index contributed by atoms with van der Waals surface area (Å²) in [6, 6.07) is 7.45. The number of amides is 1. The second-order valence-corrected chi connectivity index (χ2v) is 4.71. The number of carbonyl (C=O) groups excluding carboxylic acids is 1. The van der Waals surface area contributed by atoms with Crippen LogP contribution < -0.4 is 5.32 Å². The third-order valence-electron chi connectivity index (χ3n) is 2.27. The molecule has 0 fully saturated rings. The lowest BCUT2D eigenvalue weighted by Gasteiger charge is -2.08. The molecular formula is C12H7BrClNO4. The summed E-state index contributed by atoms with van der Waals surface area (Å²) in [6.45, 7) is 0. The lowest BCUT2D eigenvalue weighted by molar-refractivity contribution is 0.0698. The van der Waals surface area contributed by atoms with Crippen LogP contribution in [0.1, 0.15) is 20.9 Å². The third kappa shape index (κ3) is 2.97. The van der Waals surface area contributed by atoms with Gasteiger partial charge in [0.2, 0.25) is 0 Å². The first kappa shape index (κ1) is 13.6. The van der Waals surface area contributed by atoms with E-state index in [2.05, 4.69) is 21.2 Å². The van der Waals surface area contributed by atoms with Crippen molar-refractivity contribution >= 4 is 45.1 Å². The summed E-state index contributed by atoms with van der Waals surface area (Å²) < 4.78 is 5.48. The van der Waals surface area contributed by atoms with Crippen LogP contribution in [0.25, 0.3) is 0 Å². The number of carbonyl (C=O) groups is 2. The van der Waals surface area contributed by atoms with E-state index in [1.54, 1.807) is 12.1 Å². The van der Waals surface area contributed by atoms with Crippen LogP contribution in [0.4, 0.5) is 5.69 Å². The maximum atomic E-state index is 11.9. The predicted molar refractivity (Wildman–Crippen MR) is 72.8 cm³/mol. The number of hydrogen-bond acceptors (Lipinski definition) is 3. The van der Waals surface area contributed by atoms with Gasteiger partial charge in [0.15, 0.2) is 10.4 Å². The Morgan fingerprint density at radius 1 is 1.26 bits per heavy atom. The molecule has 0 aliphatic carbocycles. The average Bonchev–Trinajstić information content (AvgIpc) is 2.75. The Balaban J connectivity index is 2.31. The van der Waals surface area contributed by atoms with E-state index in [1.807, 2.05) is 0 Å². The highest BCUT2D eigenvalue weighted by molar-refractivity contribution is 9.10. The smallest absolute Gasteiger partial charge is 0.339 e. The quantitative estimate of drug-likeness (QED) is 0.891. The summed E-state index contributed by atoms with van der Waals surface area (Å²) in [5.41, 5.74) is -0.0549. The summed E-state index contributed by atoms with van der Waals surface area (Å²) in [5, 5.41) is 11.6. The Labute approximate surface area is 121 Å². The molecular weight excluding hydrogens is 337 g/mol. The summed E-state index contributed by atoms with van der Waals surface area (Å²) in [5.74, 6) is -1.72. The molecule has 0 aliphatic heterocycles. The van der Waals surface area contributed by atoms with Crippen LogP contribution in [-0.2, 0) is 0 Å². The molecule has 1 aromatic carbocycles. The van der Waals surface area contributed by atoms with E-state index in [0.29, 0.717) is 4.67 Å². The molecule has 1 amide bonds. The predicted octanol–water partition coefficient (Wildman–Crippen LogP) is 3.65. The molecule has 98 valence electrons. The van der Waals surface area contributed by atoms with Crippen LogP contribution in [0.2, 0.25) is 5.02 Å². The zero-order valence-electron chi connectivity index (χ0n) is 9.31. The van der Waals surface area contributed by atoms with Gasteiger partial charge in [0.1, 0.15) is 5.56 Å². The Bertz CT molecular complexity index is 653. The molecule has 0 spiro atoms. The molecule has 2 rings (SSSR count). The van der Waals surface area contributed by atoms with Crippen molar-refractivity contribution in [3.63, 3.8) is 0 Å². The minimum atomic E-state index is -1.22. The Morgan fingerprint density at radius 2 is 2.00 bits per heavy atom. The van der Waals surface area contributed by atoms with E-state index in [1.165, 1.54) is 18.2 Å². The van der Waals surface area contributed by atoms with Gasteiger partial charge in [0.25, 0.3) is 5.91 Å². The highest BCUT2D eigenvalue weighted by Crippen LogP contribution is 2.25. The van der Waals surface area contributed by atoms with Crippen molar-refractivity contribution in [3.05, 3.63) is 51.3 Å². The van der Waals surface area contributed by atoms with Gasteiger partial charge in [-0.3, -0.25) is 4.79 Å².